The lowest BCUT2D eigenvalue weighted by Crippen LogP contribution is -2.07. The molecule has 0 saturated heterocycles. The second-order valence-corrected chi connectivity index (χ2v) is 3.86. The van der Waals surface area contributed by atoms with Gasteiger partial charge in [0.05, 0.1) is 5.69 Å². The van der Waals surface area contributed by atoms with Crippen LogP contribution in [-0.2, 0) is 9.63 Å². The van der Waals surface area contributed by atoms with Crippen LogP contribution in [0, 0.1) is 6.92 Å². The molecule has 0 spiro atoms. The molecular weight excluding hydrogens is 258 g/mol. The van der Waals surface area contributed by atoms with Crippen LogP contribution in [0.4, 0.5) is 5.69 Å². The van der Waals surface area contributed by atoms with Crippen LogP contribution in [-0.4, -0.2) is 5.97 Å². The average molecular weight is 270 g/mol. The molecule has 0 unspecified atom stereocenters. The summed E-state index contributed by atoms with van der Waals surface area (Å²) in [6, 6.07) is 5.70. The predicted molar refractivity (Wildman–Crippen MR) is 63.4 cm³/mol. The van der Waals surface area contributed by atoms with Crippen molar-refractivity contribution in [3.63, 3.8) is 0 Å². The number of carbonyl (C=O) groups is 1. The average Bonchev–Trinajstić information content (AvgIpc) is 2.17. The molecule has 15 heavy (non-hydrogen) atoms. The van der Waals surface area contributed by atoms with E-state index >= 15 is 0 Å². The molecular formula is C11H12BrNO2. The lowest BCUT2D eigenvalue weighted by Gasteiger charge is -2.07. The first-order chi connectivity index (χ1) is 7.13. The minimum atomic E-state index is -0.426. The summed E-state index contributed by atoms with van der Waals surface area (Å²) < 4.78 is 0.857. The first-order valence-electron chi connectivity index (χ1n) is 4.49. The maximum Gasteiger partial charge on any atom is 0.355 e. The number of hydrogen-bond donors (Lipinski definition) is 1. The van der Waals surface area contributed by atoms with Gasteiger partial charge in [0.25, 0.3) is 0 Å². The molecule has 1 aromatic rings. The Morgan fingerprint density at radius 2 is 2.27 bits per heavy atom. The minimum Gasteiger partial charge on any atom is -0.339 e. The largest absolute Gasteiger partial charge is 0.355 e. The van der Waals surface area contributed by atoms with Gasteiger partial charge < -0.3 is 4.84 Å². The summed E-state index contributed by atoms with van der Waals surface area (Å²) in [7, 11) is 0. The molecule has 0 radical (unpaired) electrons. The molecule has 0 aliphatic carbocycles. The summed E-state index contributed by atoms with van der Waals surface area (Å²) in [5.41, 5.74) is 4.43. The van der Waals surface area contributed by atoms with Crippen molar-refractivity contribution in [3.8, 4) is 0 Å². The molecule has 0 heterocycles. The van der Waals surface area contributed by atoms with Crippen molar-refractivity contribution in [2.75, 3.05) is 5.48 Å². The molecule has 0 aromatic heterocycles. The molecule has 0 fully saturated rings. The quantitative estimate of drug-likeness (QED) is 0.677. The normalized spacial score (nSPS) is 10.3. The van der Waals surface area contributed by atoms with E-state index < -0.39 is 5.97 Å². The molecule has 1 N–H and O–H groups in total. The number of anilines is 1. The number of nitrogens with one attached hydrogen (secondary N) is 1. The van der Waals surface area contributed by atoms with Gasteiger partial charge in [-0.3, -0.25) is 0 Å². The number of halogens is 1. The Labute approximate surface area is 97.2 Å². The van der Waals surface area contributed by atoms with Gasteiger partial charge in [-0.2, -0.15) is 0 Å². The Morgan fingerprint density at radius 1 is 1.53 bits per heavy atom. The molecule has 4 heteroatoms. The summed E-state index contributed by atoms with van der Waals surface area (Å²) in [5.74, 6) is -0.426. The Kier molecular flexibility index (Phi) is 4.37. The van der Waals surface area contributed by atoms with E-state index in [1.807, 2.05) is 25.1 Å². The van der Waals surface area contributed by atoms with Gasteiger partial charge in [-0.05, 0) is 47.5 Å². The van der Waals surface area contributed by atoms with E-state index in [4.69, 9.17) is 4.84 Å². The first kappa shape index (κ1) is 11.8. The topological polar surface area (TPSA) is 38.3 Å². The zero-order valence-electron chi connectivity index (χ0n) is 8.58. The number of carbonyl (C=O) groups excluding carboxylic acids is 1. The van der Waals surface area contributed by atoms with Crippen LogP contribution in [0.5, 0.6) is 0 Å². The maximum absolute atomic E-state index is 11.0. The molecule has 0 aliphatic heterocycles. The minimum absolute atomic E-state index is 0.426. The maximum atomic E-state index is 11.0. The SMILES string of the molecule is C/C=C/C(=O)ONc1ccc(C)cc1Br. The molecule has 0 bridgehead atoms. The fourth-order valence-corrected chi connectivity index (χ4v) is 1.55. The monoisotopic (exact) mass is 269 g/mol. The third-order valence-corrected chi connectivity index (χ3v) is 2.35. The van der Waals surface area contributed by atoms with Gasteiger partial charge in [0.2, 0.25) is 0 Å². The van der Waals surface area contributed by atoms with Crippen LogP contribution in [0.15, 0.2) is 34.8 Å². The van der Waals surface area contributed by atoms with Crippen molar-refractivity contribution in [1.82, 2.24) is 0 Å². The van der Waals surface area contributed by atoms with E-state index in [1.165, 1.54) is 6.08 Å². The standard InChI is InChI=1S/C11H12BrNO2/c1-3-4-11(14)15-13-10-6-5-8(2)7-9(10)12/h3-7,13H,1-2H3/b4-3+. The molecule has 0 saturated carbocycles. The summed E-state index contributed by atoms with van der Waals surface area (Å²) in [5, 5.41) is 0. The fourth-order valence-electron chi connectivity index (χ4n) is 0.978. The van der Waals surface area contributed by atoms with Crippen molar-refractivity contribution >= 4 is 27.6 Å². The third kappa shape index (κ3) is 3.75. The van der Waals surface area contributed by atoms with E-state index in [0.717, 1.165) is 15.7 Å². The number of benzene rings is 1. The zero-order chi connectivity index (χ0) is 11.3. The van der Waals surface area contributed by atoms with Gasteiger partial charge in [-0.1, -0.05) is 12.1 Å². The molecule has 1 aromatic carbocycles. The summed E-state index contributed by atoms with van der Waals surface area (Å²) in [6.07, 6.45) is 2.96. The third-order valence-electron chi connectivity index (χ3n) is 1.69. The van der Waals surface area contributed by atoms with Crippen molar-refractivity contribution in [1.29, 1.82) is 0 Å². The van der Waals surface area contributed by atoms with Gasteiger partial charge in [-0.15, -0.1) is 0 Å². The highest BCUT2D eigenvalue weighted by atomic mass is 79.9. The molecule has 0 atom stereocenters. The van der Waals surface area contributed by atoms with Crippen LogP contribution < -0.4 is 5.48 Å². The fraction of sp³-hybridized carbons (Fsp3) is 0.182. The highest BCUT2D eigenvalue weighted by Crippen LogP contribution is 2.23. The van der Waals surface area contributed by atoms with E-state index in [-0.39, 0.29) is 0 Å². The molecule has 3 nitrogen and oxygen atoms in total. The van der Waals surface area contributed by atoms with Gasteiger partial charge >= 0.3 is 5.97 Å². The van der Waals surface area contributed by atoms with Crippen LogP contribution in [0.3, 0.4) is 0 Å². The predicted octanol–water partition coefficient (Wildman–Crippen LogP) is 3.20. The lowest BCUT2D eigenvalue weighted by molar-refractivity contribution is -0.134. The molecule has 1 rings (SSSR count). The Balaban J connectivity index is 2.62. The van der Waals surface area contributed by atoms with Gasteiger partial charge in [-0.25, -0.2) is 10.3 Å². The lowest BCUT2D eigenvalue weighted by atomic mass is 10.2. The highest BCUT2D eigenvalue weighted by Gasteiger charge is 2.01. The molecule has 80 valence electrons. The Hall–Kier alpha value is -1.29. The van der Waals surface area contributed by atoms with Gasteiger partial charge in [0, 0.05) is 10.5 Å². The Morgan fingerprint density at radius 3 is 2.87 bits per heavy atom. The highest BCUT2D eigenvalue weighted by molar-refractivity contribution is 9.10. The number of hydrogen-bond acceptors (Lipinski definition) is 3. The smallest absolute Gasteiger partial charge is 0.339 e. The van der Waals surface area contributed by atoms with Crippen LogP contribution >= 0.6 is 15.9 Å². The first-order valence-corrected chi connectivity index (χ1v) is 5.28. The van der Waals surface area contributed by atoms with Crippen LogP contribution in [0.1, 0.15) is 12.5 Å². The van der Waals surface area contributed by atoms with Crippen molar-refractivity contribution < 1.29 is 9.63 Å². The summed E-state index contributed by atoms with van der Waals surface area (Å²) in [6.45, 7) is 3.74. The summed E-state index contributed by atoms with van der Waals surface area (Å²) >= 11 is 3.36. The molecule has 0 amide bonds. The van der Waals surface area contributed by atoms with Crippen LogP contribution in [0.25, 0.3) is 0 Å². The number of aryl methyl sites for hydroxylation is 1. The van der Waals surface area contributed by atoms with Crippen molar-refractivity contribution in [2.24, 2.45) is 0 Å². The van der Waals surface area contributed by atoms with Gasteiger partial charge in [0.15, 0.2) is 0 Å². The van der Waals surface area contributed by atoms with E-state index in [0.29, 0.717) is 0 Å². The number of allylic oxidation sites excluding steroid dienone is 1. The van der Waals surface area contributed by atoms with Crippen LogP contribution in [0.2, 0.25) is 0 Å². The second-order valence-electron chi connectivity index (χ2n) is 3.01. The zero-order valence-corrected chi connectivity index (χ0v) is 10.2. The van der Waals surface area contributed by atoms with Crippen molar-refractivity contribution in [3.05, 3.63) is 40.4 Å². The van der Waals surface area contributed by atoms with Gasteiger partial charge in [0.1, 0.15) is 0 Å². The van der Waals surface area contributed by atoms with E-state index in [9.17, 15) is 4.79 Å². The molecule has 0 aliphatic rings. The van der Waals surface area contributed by atoms with E-state index in [1.54, 1.807) is 13.0 Å². The summed E-state index contributed by atoms with van der Waals surface area (Å²) in [4.78, 5) is 15.8. The Bertz CT molecular complexity index is 388. The second kappa shape index (κ2) is 5.56. The number of rotatable bonds is 3. The van der Waals surface area contributed by atoms with E-state index in [2.05, 4.69) is 21.4 Å². The van der Waals surface area contributed by atoms with Crippen molar-refractivity contribution in [2.45, 2.75) is 13.8 Å².